The number of anilines is 6. The van der Waals surface area contributed by atoms with Crippen LogP contribution >= 0.6 is 24.4 Å². The third-order valence-corrected chi connectivity index (χ3v) is 10.3. The minimum atomic E-state index is 0.431. The third-order valence-electron chi connectivity index (χ3n) is 9.68. The van der Waals surface area contributed by atoms with Gasteiger partial charge in [-0.3, -0.25) is 0 Å². The second kappa shape index (κ2) is 12.9. The van der Waals surface area contributed by atoms with Crippen LogP contribution < -0.4 is 9.80 Å². The van der Waals surface area contributed by atoms with Crippen molar-refractivity contribution in [3.05, 3.63) is 178 Å². The van der Waals surface area contributed by atoms with Crippen molar-refractivity contribution in [2.75, 3.05) is 9.80 Å². The van der Waals surface area contributed by atoms with E-state index in [1.165, 1.54) is 0 Å². The Hall–Kier alpha value is -6.08. The highest BCUT2D eigenvalue weighted by molar-refractivity contribution is 7.71. The molecular formula is C46H32N2O2S2. The summed E-state index contributed by atoms with van der Waals surface area (Å²) in [6, 6.07) is 54.3. The van der Waals surface area contributed by atoms with Crippen LogP contribution in [0.3, 0.4) is 0 Å². The lowest BCUT2D eigenvalue weighted by Crippen LogP contribution is -2.10. The molecule has 52 heavy (non-hydrogen) atoms. The molecule has 0 unspecified atom stereocenters. The van der Waals surface area contributed by atoms with Gasteiger partial charge in [-0.1, -0.05) is 72.8 Å². The number of hydrogen-bond acceptors (Lipinski definition) is 6. The Morgan fingerprint density at radius 3 is 0.981 bits per heavy atom. The zero-order valence-electron chi connectivity index (χ0n) is 28.5. The second-order valence-corrected chi connectivity index (χ2v) is 13.7. The molecule has 0 saturated heterocycles. The summed E-state index contributed by atoms with van der Waals surface area (Å²) in [7, 11) is 0. The second-order valence-electron chi connectivity index (χ2n) is 13.0. The van der Waals surface area contributed by atoms with Crippen LogP contribution in [-0.2, 0) is 0 Å². The molecule has 2 aromatic heterocycles. The lowest BCUT2D eigenvalue weighted by atomic mass is 9.96. The quantitative estimate of drug-likeness (QED) is 0.0971. The highest BCUT2D eigenvalue weighted by Gasteiger charge is 2.20. The number of nitrogens with zero attached hydrogens (tertiary/aromatic N) is 2. The summed E-state index contributed by atoms with van der Waals surface area (Å²) in [6.45, 7) is 4.25. The van der Waals surface area contributed by atoms with Crippen LogP contribution in [0.25, 0.3) is 43.5 Å². The van der Waals surface area contributed by atoms with Crippen LogP contribution in [0.1, 0.15) is 11.1 Å². The van der Waals surface area contributed by atoms with Gasteiger partial charge < -0.3 is 18.6 Å². The van der Waals surface area contributed by atoms with Gasteiger partial charge in [-0.25, -0.2) is 0 Å². The van der Waals surface area contributed by atoms with E-state index in [0.717, 1.165) is 88.7 Å². The Kier molecular flexibility index (Phi) is 7.91. The molecule has 0 aliphatic carbocycles. The Bertz CT molecular complexity index is 2630. The molecule has 9 aromatic rings. The minimum Gasteiger partial charge on any atom is -0.444 e. The number of para-hydroxylation sites is 4. The first-order valence-corrected chi connectivity index (χ1v) is 18.0. The van der Waals surface area contributed by atoms with Gasteiger partial charge in [-0.15, -0.1) is 0 Å². The van der Waals surface area contributed by atoms with Crippen LogP contribution in [0.15, 0.2) is 167 Å². The minimum absolute atomic E-state index is 0.431. The van der Waals surface area contributed by atoms with Crippen LogP contribution in [0.5, 0.6) is 0 Å². The van der Waals surface area contributed by atoms with E-state index in [-0.39, 0.29) is 0 Å². The maximum absolute atomic E-state index is 6.52. The molecule has 0 amide bonds. The van der Waals surface area contributed by atoms with Gasteiger partial charge >= 0.3 is 0 Å². The first-order valence-electron chi connectivity index (χ1n) is 17.2. The van der Waals surface area contributed by atoms with E-state index in [1.807, 2.05) is 24.3 Å². The average molecular weight is 709 g/mol. The zero-order chi connectivity index (χ0) is 35.3. The predicted molar refractivity (Wildman–Crippen MR) is 222 cm³/mol. The van der Waals surface area contributed by atoms with Crippen LogP contribution in [0.4, 0.5) is 34.1 Å². The first kappa shape index (κ1) is 31.9. The van der Waals surface area contributed by atoms with E-state index in [1.54, 1.807) is 0 Å². The maximum atomic E-state index is 6.52. The largest absolute Gasteiger partial charge is 0.444 e. The standard InChI is InChI=1S/C46H32N2O2S2/c1-29-23-35(47(31-15-7-3-8-16-31)32-17-9-4-10-18-32)25-41-43(29)37-27-40-38(28-39(37)45(51)49-41)44-30(2)24-36(26-42(44)50-46(40)52)48(33-19-11-5-12-20-33)34-21-13-6-14-22-34/h3-28H,1-2H3. The fourth-order valence-corrected chi connectivity index (χ4v) is 7.96. The molecule has 4 nitrogen and oxygen atoms in total. The van der Waals surface area contributed by atoms with E-state index in [0.29, 0.717) is 9.41 Å². The molecule has 2 heterocycles. The van der Waals surface area contributed by atoms with Crippen LogP contribution in [0, 0.1) is 23.3 Å². The van der Waals surface area contributed by atoms with Crippen molar-refractivity contribution in [1.29, 1.82) is 0 Å². The Balaban J connectivity index is 1.24. The van der Waals surface area contributed by atoms with Gasteiger partial charge in [-0.05, 0) is 133 Å². The van der Waals surface area contributed by atoms with Crippen molar-refractivity contribution >= 4 is 102 Å². The fraction of sp³-hybridized carbons (Fsp3) is 0.0435. The predicted octanol–water partition coefficient (Wildman–Crippen LogP) is 14.5. The summed E-state index contributed by atoms with van der Waals surface area (Å²) in [5.41, 5.74) is 9.75. The molecule has 0 aliphatic rings. The van der Waals surface area contributed by atoms with Gasteiger partial charge in [0.2, 0.25) is 0 Å². The van der Waals surface area contributed by atoms with Crippen molar-refractivity contribution < 1.29 is 8.83 Å². The van der Waals surface area contributed by atoms with Crippen molar-refractivity contribution in [2.24, 2.45) is 0 Å². The number of benzene rings is 7. The van der Waals surface area contributed by atoms with Crippen LogP contribution in [0.2, 0.25) is 0 Å². The average Bonchev–Trinajstić information content (AvgIpc) is 3.16. The molecule has 0 atom stereocenters. The number of fused-ring (bicyclic) bond motifs is 6. The summed E-state index contributed by atoms with van der Waals surface area (Å²) in [5.74, 6) is 0. The lowest BCUT2D eigenvalue weighted by Gasteiger charge is -2.26. The summed E-state index contributed by atoms with van der Waals surface area (Å²) >= 11 is 12.0. The van der Waals surface area contributed by atoms with Gasteiger partial charge in [0.15, 0.2) is 9.41 Å². The van der Waals surface area contributed by atoms with E-state index in [2.05, 4.69) is 157 Å². The van der Waals surface area contributed by atoms with Gasteiger partial charge in [0.25, 0.3) is 0 Å². The number of hydrogen-bond donors (Lipinski definition) is 0. The topological polar surface area (TPSA) is 32.8 Å². The lowest BCUT2D eigenvalue weighted by molar-refractivity contribution is 0.592. The normalized spacial score (nSPS) is 11.4. The highest BCUT2D eigenvalue weighted by Crippen LogP contribution is 2.43. The smallest absolute Gasteiger partial charge is 0.198 e. The molecule has 7 aromatic carbocycles. The summed E-state index contributed by atoms with van der Waals surface area (Å²) in [5, 5.41) is 5.71. The van der Waals surface area contributed by atoms with E-state index < -0.39 is 0 Å². The van der Waals surface area contributed by atoms with Crippen molar-refractivity contribution in [1.82, 2.24) is 0 Å². The molecule has 250 valence electrons. The first-order chi connectivity index (χ1) is 25.4. The molecule has 0 N–H and O–H groups in total. The molecule has 9 rings (SSSR count). The number of aryl methyl sites for hydroxylation is 2. The molecule has 0 bridgehead atoms. The van der Waals surface area contributed by atoms with E-state index in [4.69, 9.17) is 33.3 Å². The van der Waals surface area contributed by atoms with E-state index in [9.17, 15) is 0 Å². The van der Waals surface area contributed by atoms with Crippen molar-refractivity contribution in [2.45, 2.75) is 13.8 Å². The molecule has 0 radical (unpaired) electrons. The van der Waals surface area contributed by atoms with Gasteiger partial charge in [0, 0.05) is 56.4 Å². The zero-order valence-corrected chi connectivity index (χ0v) is 30.2. The van der Waals surface area contributed by atoms with Crippen LogP contribution in [-0.4, -0.2) is 0 Å². The summed E-state index contributed by atoms with van der Waals surface area (Å²) < 4.78 is 13.9. The molecule has 6 heteroatoms. The third kappa shape index (κ3) is 5.44. The molecule has 0 saturated carbocycles. The van der Waals surface area contributed by atoms with Gasteiger partial charge in [-0.2, -0.15) is 0 Å². The van der Waals surface area contributed by atoms with Crippen molar-refractivity contribution in [3.63, 3.8) is 0 Å². The van der Waals surface area contributed by atoms with Gasteiger partial charge in [0.05, 0.1) is 11.4 Å². The Morgan fingerprint density at radius 2 is 0.673 bits per heavy atom. The fourth-order valence-electron chi connectivity index (χ4n) is 7.45. The number of rotatable bonds is 6. The van der Waals surface area contributed by atoms with Gasteiger partial charge in [0.1, 0.15) is 11.2 Å². The Labute approximate surface area is 311 Å². The maximum Gasteiger partial charge on any atom is 0.198 e. The molecule has 0 aliphatic heterocycles. The highest BCUT2D eigenvalue weighted by atomic mass is 32.1. The molecular weight excluding hydrogens is 677 g/mol. The molecule has 0 fully saturated rings. The Morgan fingerprint density at radius 1 is 0.365 bits per heavy atom. The monoisotopic (exact) mass is 708 g/mol. The summed E-state index contributed by atoms with van der Waals surface area (Å²) in [6.07, 6.45) is 0. The molecule has 0 spiro atoms. The summed E-state index contributed by atoms with van der Waals surface area (Å²) in [4.78, 5) is 4.46. The van der Waals surface area contributed by atoms with E-state index >= 15 is 0 Å². The van der Waals surface area contributed by atoms with Crippen molar-refractivity contribution in [3.8, 4) is 0 Å². The SMILES string of the molecule is Cc1cc(N(c2ccccc2)c2ccccc2)cc2oc(=S)c3cc4c(cc3c12)c(=S)oc1cc(N(c2ccccc2)c2ccccc2)cc(C)c14.